The molecule has 0 radical (unpaired) electrons. The molecule has 0 N–H and O–H groups in total. The lowest BCUT2D eigenvalue weighted by molar-refractivity contribution is 0.102. The predicted molar refractivity (Wildman–Crippen MR) is 218 cm³/mol. The van der Waals surface area contributed by atoms with Crippen LogP contribution in [0, 0.1) is 128 Å². The summed E-state index contributed by atoms with van der Waals surface area (Å²) in [6.07, 6.45) is -5.68. The van der Waals surface area contributed by atoms with Gasteiger partial charge in [0.05, 0.1) is 0 Å². The number of Topliss-reactive ketones (excluding diaryl/α,β-unsaturated/α-hetero) is 1. The summed E-state index contributed by atoms with van der Waals surface area (Å²) in [6, 6.07) is 26.7. The second-order valence-corrected chi connectivity index (χ2v) is 17.4. The van der Waals surface area contributed by atoms with Gasteiger partial charge in [-0.2, -0.15) is 0 Å². The standard InChI is InChI=1S/C24BF20.C23H19O2S/c26-5-1(6(27)14(35)21(42)13(5)34)25(2-7(28)15(36)22(43)16(37)8(2)29,3-9(30)17(38)23(44)18(39)10(3)31)4-11(32)19(40)24(45)20(41)12(4)33;1-26(25,17-16-19-8-4-2-5-9-19)18-23(24)22-14-12-21(13-15-22)20-10-6-3-7-11-20/h;2-15H,18H2,1H3/q-1;+1. The van der Waals surface area contributed by atoms with Gasteiger partial charge in [0.2, 0.25) is 5.78 Å². The summed E-state index contributed by atoms with van der Waals surface area (Å²) in [5.74, 6) is -68.7. The monoisotopic (exact) mass is 1040 g/mol. The molecule has 7 aromatic rings. The predicted octanol–water partition coefficient (Wildman–Crippen LogP) is 10.5. The van der Waals surface area contributed by atoms with E-state index in [9.17, 15) is 61.7 Å². The van der Waals surface area contributed by atoms with Crippen molar-refractivity contribution < 1.29 is 96.8 Å². The molecule has 0 heterocycles. The van der Waals surface area contributed by atoms with Gasteiger partial charge in [0.1, 0.15) is 58.9 Å². The zero-order valence-corrected chi connectivity index (χ0v) is 35.5. The fourth-order valence-electron chi connectivity index (χ4n) is 7.41. The van der Waals surface area contributed by atoms with E-state index < -0.39 is 154 Å². The summed E-state index contributed by atoms with van der Waals surface area (Å²) in [5, 5.41) is 2.77. The van der Waals surface area contributed by atoms with E-state index in [1.165, 1.54) is 0 Å². The second-order valence-electron chi connectivity index (χ2n) is 14.9. The Hall–Kier alpha value is -7.42. The minimum absolute atomic E-state index is 0.0719. The molecular weight excluding hydrogens is 1020 g/mol. The van der Waals surface area contributed by atoms with Crippen LogP contribution < -0.4 is 21.9 Å². The first-order chi connectivity index (χ1) is 33.2. The fraction of sp³-hybridized carbons (Fsp3) is 0.0426. The number of halogens is 20. The van der Waals surface area contributed by atoms with Gasteiger partial charge in [0.25, 0.3) is 0 Å². The van der Waals surface area contributed by atoms with E-state index in [0.29, 0.717) is 5.56 Å². The van der Waals surface area contributed by atoms with Crippen LogP contribution in [0.15, 0.2) is 84.9 Å². The summed E-state index contributed by atoms with van der Waals surface area (Å²) in [4.78, 5) is 12.5. The van der Waals surface area contributed by atoms with Gasteiger partial charge in [-0.3, -0.25) is 4.79 Å². The average molecular weight is 1040 g/mol. The van der Waals surface area contributed by atoms with Crippen LogP contribution in [-0.4, -0.2) is 23.9 Å². The molecule has 0 spiro atoms. The third-order valence-electron chi connectivity index (χ3n) is 10.6. The van der Waals surface area contributed by atoms with Crippen LogP contribution in [0.1, 0.15) is 15.9 Å². The Kier molecular flexibility index (Phi) is 15.0. The molecule has 0 aliphatic heterocycles. The van der Waals surface area contributed by atoms with E-state index >= 15 is 35.1 Å². The van der Waals surface area contributed by atoms with E-state index in [1.54, 1.807) is 18.4 Å². The van der Waals surface area contributed by atoms with Gasteiger partial charge in [0, 0.05) is 11.1 Å². The van der Waals surface area contributed by atoms with Crippen LogP contribution in [0.4, 0.5) is 87.8 Å². The van der Waals surface area contributed by atoms with E-state index in [2.05, 4.69) is 11.2 Å². The lowest BCUT2D eigenvalue weighted by Crippen LogP contribution is -2.81. The molecule has 0 saturated heterocycles. The lowest BCUT2D eigenvalue weighted by Gasteiger charge is -2.44. The molecule has 7 aromatic carbocycles. The molecule has 368 valence electrons. The summed E-state index contributed by atoms with van der Waals surface area (Å²) in [7, 11) is -2.55. The maximum atomic E-state index is 15.4. The van der Waals surface area contributed by atoms with Crippen molar-refractivity contribution >= 4 is 43.7 Å². The van der Waals surface area contributed by atoms with Gasteiger partial charge < -0.3 is 0 Å². The first-order valence-electron chi connectivity index (χ1n) is 19.2. The first kappa shape index (κ1) is 52.9. The molecule has 0 amide bonds. The minimum Gasteiger partial charge on any atom is -0.289 e. The van der Waals surface area contributed by atoms with Gasteiger partial charge in [-0.05, 0) is 29.2 Å². The Bertz CT molecular complexity index is 3020. The Morgan fingerprint density at radius 1 is 0.380 bits per heavy atom. The molecule has 1 unspecified atom stereocenters. The van der Waals surface area contributed by atoms with Gasteiger partial charge in [-0.15, -0.1) is 21.9 Å². The van der Waals surface area contributed by atoms with Gasteiger partial charge >= 0.3 is 0 Å². The van der Waals surface area contributed by atoms with Crippen LogP contribution >= 0.6 is 0 Å². The van der Waals surface area contributed by atoms with Gasteiger partial charge in [0.15, 0.2) is 90.7 Å². The van der Waals surface area contributed by atoms with Crippen molar-refractivity contribution in [3.8, 4) is 22.3 Å². The maximum absolute atomic E-state index is 15.4. The molecule has 0 fully saturated rings. The van der Waals surface area contributed by atoms with Crippen LogP contribution in [-0.2, 0) is 14.1 Å². The molecule has 0 bridgehead atoms. The maximum Gasteiger partial charge on any atom is 0.212 e. The minimum atomic E-state index is -7.22. The van der Waals surface area contributed by atoms with Crippen molar-refractivity contribution in [2.75, 3.05) is 12.0 Å². The second kappa shape index (κ2) is 20.1. The highest BCUT2D eigenvalue weighted by Gasteiger charge is 2.52. The summed E-state index contributed by atoms with van der Waals surface area (Å²) >= 11 is 0. The van der Waals surface area contributed by atoms with Crippen molar-refractivity contribution in [3.05, 3.63) is 212 Å². The highest BCUT2D eigenvalue weighted by Crippen LogP contribution is 2.31. The third kappa shape index (κ3) is 9.25. The van der Waals surface area contributed by atoms with Crippen LogP contribution in [0.3, 0.4) is 0 Å². The SMILES string of the molecule is C[S+](=O)(C#Cc1ccccc1)CC(=O)c1ccc(-c2ccccc2)cc1.Fc1c(F)c(F)c([B-](c2c(F)c(F)c(F)c(F)c2F)(c2c(F)c(F)c(F)c(F)c2F)c2c(F)c(F)c(F)c(F)c2F)c(F)c1F. The topological polar surface area (TPSA) is 34.1 Å². The van der Waals surface area contributed by atoms with Crippen LogP contribution in [0.2, 0.25) is 0 Å². The molecule has 7 rings (SSSR count). The first-order valence-corrected chi connectivity index (χ1v) is 21.3. The number of hydrogen-bond donors (Lipinski definition) is 0. The zero-order chi connectivity index (χ0) is 52.8. The molecule has 1 atom stereocenters. The van der Waals surface area contributed by atoms with Crippen molar-refractivity contribution in [3.63, 3.8) is 0 Å². The van der Waals surface area contributed by atoms with E-state index in [1.807, 2.05) is 72.8 Å². The normalized spacial score (nSPS) is 12.2. The average Bonchev–Trinajstić information content (AvgIpc) is 3.36. The van der Waals surface area contributed by atoms with Crippen molar-refractivity contribution in [1.82, 2.24) is 0 Å². The molecule has 71 heavy (non-hydrogen) atoms. The van der Waals surface area contributed by atoms with E-state index in [0.717, 1.165) is 16.7 Å². The van der Waals surface area contributed by atoms with Crippen LogP contribution in [0.5, 0.6) is 0 Å². The number of hydrogen-bond acceptors (Lipinski definition) is 2. The van der Waals surface area contributed by atoms with E-state index in [-0.39, 0.29) is 11.5 Å². The fourth-order valence-corrected chi connectivity index (χ4v) is 8.48. The summed E-state index contributed by atoms with van der Waals surface area (Å²) < 4.78 is 307. The summed E-state index contributed by atoms with van der Waals surface area (Å²) in [5.41, 5.74) is -10.8. The molecule has 2 nitrogen and oxygen atoms in total. The summed E-state index contributed by atoms with van der Waals surface area (Å²) in [6.45, 7) is 0. The Morgan fingerprint density at radius 2 is 0.634 bits per heavy atom. The van der Waals surface area contributed by atoms with Crippen molar-refractivity contribution in [2.45, 2.75) is 0 Å². The Labute approximate surface area is 386 Å². The van der Waals surface area contributed by atoms with Crippen molar-refractivity contribution in [2.24, 2.45) is 0 Å². The van der Waals surface area contributed by atoms with Crippen LogP contribution in [0.25, 0.3) is 11.1 Å². The Balaban J connectivity index is 0.000000268. The van der Waals surface area contributed by atoms with Crippen molar-refractivity contribution in [1.29, 1.82) is 0 Å². The molecular formula is C47H19BF20O2S. The largest absolute Gasteiger partial charge is 0.289 e. The number of carbonyl (C=O) groups is 1. The smallest absolute Gasteiger partial charge is 0.212 e. The number of ketones is 1. The quantitative estimate of drug-likeness (QED) is 0.0289. The molecule has 0 aliphatic carbocycles. The molecule has 0 aromatic heterocycles. The molecule has 0 aliphatic rings. The van der Waals surface area contributed by atoms with Gasteiger partial charge in [-0.1, -0.05) is 77.0 Å². The highest BCUT2D eigenvalue weighted by atomic mass is 32.2. The van der Waals surface area contributed by atoms with Gasteiger partial charge in [-0.25, -0.2) is 87.8 Å². The third-order valence-corrected chi connectivity index (χ3v) is 12.0. The number of benzene rings is 7. The molecule has 24 heteroatoms. The number of carbonyl (C=O) groups excluding carboxylic acids is 1. The number of rotatable bonds is 8. The van der Waals surface area contributed by atoms with E-state index in [4.69, 9.17) is 0 Å². The highest BCUT2D eigenvalue weighted by molar-refractivity contribution is 8.07. The molecule has 0 saturated carbocycles. The lowest BCUT2D eigenvalue weighted by atomic mass is 9.12. The Morgan fingerprint density at radius 3 is 0.930 bits per heavy atom. The zero-order valence-electron chi connectivity index (χ0n) is 34.7.